The molecule has 1 saturated heterocycles. The molecule has 1 aliphatic carbocycles. The van der Waals surface area contributed by atoms with Gasteiger partial charge in [0.25, 0.3) is 11.8 Å². The van der Waals surface area contributed by atoms with E-state index in [9.17, 15) is 9.59 Å². The highest BCUT2D eigenvalue weighted by Crippen LogP contribution is 2.29. The minimum atomic E-state index is -0.874. The highest BCUT2D eigenvalue weighted by molar-refractivity contribution is 5.97. The van der Waals surface area contributed by atoms with Crippen LogP contribution in [0.3, 0.4) is 0 Å². The second-order valence-corrected chi connectivity index (χ2v) is 9.94. The summed E-state index contributed by atoms with van der Waals surface area (Å²) in [5, 5.41) is 3.23. The van der Waals surface area contributed by atoms with Crippen molar-refractivity contribution in [1.29, 1.82) is 0 Å². The maximum absolute atomic E-state index is 14.0. The van der Waals surface area contributed by atoms with Gasteiger partial charge >= 0.3 is 0 Å². The van der Waals surface area contributed by atoms with E-state index in [1.54, 1.807) is 17.0 Å². The number of ether oxygens (including phenoxy) is 1. The number of nitrogens with zero attached hydrogens (tertiary/aromatic N) is 1. The Hall–Kier alpha value is -3.32. The molecule has 2 N–H and O–H groups in total. The molecule has 36 heavy (non-hydrogen) atoms. The molecular weight excluding hydrogens is 454 g/mol. The second-order valence-electron chi connectivity index (χ2n) is 9.94. The molecule has 0 radical (unpaired) electrons. The first-order chi connectivity index (χ1) is 17.6. The second kappa shape index (κ2) is 11.2. The molecule has 0 spiro atoms. The van der Waals surface area contributed by atoms with Gasteiger partial charge in [0.05, 0.1) is 6.10 Å². The summed E-state index contributed by atoms with van der Waals surface area (Å²) in [5.74, 6) is 0.737. The minimum Gasteiger partial charge on any atom is -0.464 e. The SMILES string of the molecule is Cc1ccc(C(C(=O)NC2CCCCC2)N(CC2CCCO2)C(=O)c2ccc(-c3ccccc3)[nH]2)o1. The van der Waals surface area contributed by atoms with E-state index in [4.69, 9.17) is 9.15 Å². The quantitative estimate of drug-likeness (QED) is 0.444. The lowest BCUT2D eigenvalue weighted by molar-refractivity contribution is -0.128. The summed E-state index contributed by atoms with van der Waals surface area (Å²) in [5.41, 5.74) is 2.29. The van der Waals surface area contributed by atoms with Crippen molar-refractivity contribution in [1.82, 2.24) is 15.2 Å². The monoisotopic (exact) mass is 489 g/mol. The first-order valence-corrected chi connectivity index (χ1v) is 13.1. The van der Waals surface area contributed by atoms with Crippen LogP contribution in [0.15, 0.2) is 59.0 Å². The Morgan fingerprint density at radius 2 is 1.81 bits per heavy atom. The zero-order chi connectivity index (χ0) is 24.9. The smallest absolute Gasteiger partial charge is 0.271 e. The van der Waals surface area contributed by atoms with Crippen LogP contribution in [0, 0.1) is 6.92 Å². The normalized spacial score (nSPS) is 19.2. The van der Waals surface area contributed by atoms with Crippen molar-refractivity contribution in [2.75, 3.05) is 13.2 Å². The van der Waals surface area contributed by atoms with Crippen LogP contribution in [0.5, 0.6) is 0 Å². The largest absolute Gasteiger partial charge is 0.464 e. The zero-order valence-corrected chi connectivity index (χ0v) is 20.9. The van der Waals surface area contributed by atoms with Gasteiger partial charge in [-0.15, -0.1) is 0 Å². The number of hydrogen-bond acceptors (Lipinski definition) is 4. The summed E-state index contributed by atoms with van der Waals surface area (Å²) in [7, 11) is 0. The van der Waals surface area contributed by atoms with Crippen LogP contribution in [0.1, 0.15) is 73.0 Å². The zero-order valence-electron chi connectivity index (χ0n) is 20.9. The summed E-state index contributed by atoms with van der Waals surface area (Å²) in [4.78, 5) is 32.7. The molecule has 2 amide bonds. The van der Waals surface area contributed by atoms with Gasteiger partial charge in [0.2, 0.25) is 0 Å². The molecule has 190 valence electrons. The summed E-state index contributed by atoms with van der Waals surface area (Å²) in [6, 6.07) is 16.5. The Morgan fingerprint density at radius 1 is 1.00 bits per heavy atom. The van der Waals surface area contributed by atoms with Crippen molar-refractivity contribution < 1.29 is 18.7 Å². The standard InChI is InChI=1S/C29H35N3O4/c1-20-14-17-26(36-20)27(28(33)30-22-11-6-3-7-12-22)32(19-23-13-8-18-35-23)29(34)25-16-15-24(31-25)21-9-4-2-5-10-21/h2,4-5,9-10,14-17,22-23,27,31H,3,6-8,11-13,18-19H2,1H3,(H,30,33). The minimum absolute atomic E-state index is 0.112. The highest BCUT2D eigenvalue weighted by Gasteiger charge is 2.38. The lowest BCUT2D eigenvalue weighted by Crippen LogP contribution is -2.49. The number of carbonyl (C=O) groups excluding carboxylic acids is 2. The van der Waals surface area contributed by atoms with Crippen LogP contribution in [0.25, 0.3) is 11.3 Å². The number of hydrogen-bond donors (Lipinski definition) is 2. The molecule has 0 bridgehead atoms. The molecule has 2 unspecified atom stereocenters. The Labute approximate surface area is 212 Å². The summed E-state index contributed by atoms with van der Waals surface area (Å²) in [6.07, 6.45) is 7.05. The fourth-order valence-corrected chi connectivity index (χ4v) is 5.33. The van der Waals surface area contributed by atoms with Gasteiger partial charge in [-0.25, -0.2) is 0 Å². The first-order valence-electron chi connectivity index (χ1n) is 13.1. The molecule has 1 aliphatic heterocycles. The average molecular weight is 490 g/mol. The van der Waals surface area contributed by atoms with Crippen LogP contribution in [0.4, 0.5) is 0 Å². The average Bonchev–Trinajstić information content (AvgIpc) is 3.67. The van der Waals surface area contributed by atoms with E-state index < -0.39 is 6.04 Å². The van der Waals surface area contributed by atoms with Gasteiger partial charge in [-0.3, -0.25) is 9.59 Å². The van der Waals surface area contributed by atoms with Crippen molar-refractivity contribution in [3.63, 3.8) is 0 Å². The van der Waals surface area contributed by atoms with E-state index in [-0.39, 0.29) is 24.0 Å². The van der Waals surface area contributed by atoms with E-state index in [0.29, 0.717) is 30.4 Å². The number of nitrogens with one attached hydrogen (secondary N) is 2. The number of aromatic nitrogens is 1. The Balaban J connectivity index is 1.47. The van der Waals surface area contributed by atoms with Gasteiger partial charge in [0, 0.05) is 24.9 Å². The molecule has 7 heteroatoms. The van der Waals surface area contributed by atoms with Gasteiger partial charge in [0.15, 0.2) is 6.04 Å². The van der Waals surface area contributed by atoms with Gasteiger partial charge in [-0.1, -0.05) is 49.6 Å². The van der Waals surface area contributed by atoms with E-state index >= 15 is 0 Å². The van der Waals surface area contributed by atoms with Crippen molar-refractivity contribution >= 4 is 11.8 Å². The lowest BCUT2D eigenvalue weighted by Gasteiger charge is -2.33. The molecule has 3 heterocycles. The maximum Gasteiger partial charge on any atom is 0.271 e. The van der Waals surface area contributed by atoms with Crippen molar-refractivity contribution in [3.8, 4) is 11.3 Å². The third-order valence-corrected chi connectivity index (χ3v) is 7.23. The van der Waals surface area contributed by atoms with E-state index in [1.165, 1.54) is 6.42 Å². The number of benzene rings is 1. The Morgan fingerprint density at radius 3 is 2.50 bits per heavy atom. The van der Waals surface area contributed by atoms with E-state index in [0.717, 1.165) is 49.8 Å². The van der Waals surface area contributed by atoms with E-state index in [2.05, 4.69) is 10.3 Å². The lowest BCUT2D eigenvalue weighted by atomic mass is 9.95. The van der Waals surface area contributed by atoms with Crippen LogP contribution >= 0.6 is 0 Å². The number of carbonyl (C=O) groups is 2. The molecular formula is C29H35N3O4. The van der Waals surface area contributed by atoms with Crippen molar-refractivity contribution in [2.45, 2.75) is 70.1 Å². The topological polar surface area (TPSA) is 87.6 Å². The molecule has 5 rings (SSSR count). The van der Waals surface area contributed by atoms with E-state index in [1.807, 2.05) is 49.4 Å². The van der Waals surface area contributed by atoms with Gasteiger partial charge in [0.1, 0.15) is 17.2 Å². The van der Waals surface area contributed by atoms with Crippen LogP contribution in [-0.2, 0) is 9.53 Å². The van der Waals surface area contributed by atoms with Gasteiger partial charge in [-0.05, 0) is 62.4 Å². The molecule has 2 aliphatic rings. The van der Waals surface area contributed by atoms with Crippen molar-refractivity contribution in [3.05, 3.63) is 71.8 Å². The number of aromatic amines is 1. The fraction of sp³-hybridized carbons (Fsp3) is 0.448. The summed E-state index contributed by atoms with van der Waals surface area (Å²) in [6.45, 7) is 2.84. The molecule has 2 fully saturated rings. The van der Waals surface area contributed by atoms with Gasteiger partial charge in [-0.2, -0.15) is 0 Å². The Bertz CT molecular complexity index is 1160. The molecule has 1 saturated carbocycles. The summed E-state index contributed by atoms with van der Waals surface area (Å²) >= 11 is 0. The number of amides is 2. The Kier molecular flexibility index (Phi) is 7.56. The third kappa shape index (κ3) is 5.57. The number of H-pyrrole nitrogens is 1. The van der Waals surface area contributed by atoms with Crippen LogP contribution in [-0.4, -0.2) is 47.0 Å². The molecule has 1 aromatic carbocycles. The maximum atomic E-state index is 14.0. The molecule has 7 nitrogen and oxygen atoms in total. The summed E-state index contributed by atoms with van der Waals surface area (Å²) < 4.78 is 11.9. The van der Waals surface area contributed by atoms with Crippen LogP contribution in [0.2, 0.25) is 0 Å². The number of furan rings is 1. The molecule has 3 aromatic rings. The molecule has 2 atom stereocenters. The predicted octanol–water partition coefficient (Wildman–Crippen LogP) is 5.39. The first kappa shape index (κ1) is 24.4. The van der Waals surface area contributed by atoms with Crippen LogP contribution < -0.4 is 5.32 Å². The van der Waals surface area contributed by atoms with Gasteiger partial charge < -0.3 is 24.4 Å². The molecule has 2 aromatic heterocycles. The fourth-order valence-electron chi connectivity index (χ4n) is 5.33. The number of rotatable bonds is 8. The third-order valence-electron chi connectivity index (χ3n) is 7.23. The van der Waals surface area contributed by atoms with Crippen molar-refractivity contribution in [2.24, 2.45) is 0 Å². The highest BCUT2D eigenvalue weighted by atomic mass is 16.5. The predicted molar refractivity (Wildman–Crippen MR) is 137 cm³/mol. The number of aryl methyl sites for hydroxylation is 1.